The number of benzene rings is 1. The van der Waals surface area contributed by atoms with Gasteiger partial charge in [0.2, 0.25) is 5.91 Å². The zero-order chi connectivity index (χ0) is 15.0. The molecule has 4 amide bonds. The van der Waals surface area contributed by atoms with E-state index in [4.69, 9.17) is 0 Å². The van der Waals surface area contributed by atoms with Crippen molar-refractivity contribution in [1.29, 1.82) is 0 Å². The smallest absolute Gasteiger partial charge is 0.325 e. The summed E-state index contributed by atoms with van der Waals surface area (Å²) in [6, 6.07) is 6.38. The minimum absolute atomic E-state index is 0.235. The van der Waals surface area contributed by atoms with Crippen molar-refractivity contribution in [3.05, 3.63) is 28.7 Å². The molecule has 0 saturated carbocycles. The Hall–Kier alpha value is -1.89. The molecule has 1 aromatic rings. The molecule has 0 aliphatic carbocycles. The van der Waals surface area contributed by atoms with E-state index in [2.05, 4.69) is 21.2 Å². The maximum Gasteiger partial charge on any atom is 0.327 e. The standard InChI is InChI=1S/C14H14BrN3O3/c15-9-3-5-10(6-4-9)16-12(19)8-18-13(20)11-2-1-7-17(11)14(18)21/h3-6,11H,1-2,7-8H2,(H,16,19). The van der Waals surface area contributed by atoms with Gasteiger partial charge in [-0.1, -0.05) is 15.9 Å². The predicted octanol–water partition coefficient (Wildman–Crippen LogP) is 1.81. The molecule has 2 fully saturated rings. The first-order valence-electron chi connectivity index (χ1n) is 6.73. The highest BCUT2D eigenvalue weighted by Gasteiger charge is 2.47. The van der Waals surface area contributed by atoms with Crippen molar-refractivity contribution in [3.8, 4) is 0 Å². The van der Waals surface area contributed by atoms with Crippen molar-refractivity contribution in [3.63, 3.8) is 0 Å². The fraction of sp³-hybridized carbons (Fsp3) is 0.357. The molecule has 0 bridgehead atoms. The molecular weight excluding hydrogens is 338 g/mol. The molecule has 2 aliphatic heterocycles. The number of nitrogens with one attached hydrogen (secondary N) is 1. The van der Waals surface area contributed by atoms with Crippen LogP contribution in [-0.4, -0.2) is 46.8 Å². The SMILES string of the molecule is O=C(CN1C(=O)C2CCCN2C1=O)Nc1ccc(Br)cc1. The maximum atomic E-state index is 12.1. The number of carbonyl (C=O) groups excluding carboxylic acids is 3. The van der Waals surface area contributed by atoms with E-state index in [1.54, 1.807) is 29.2 Å². The monoisotopic (exact) mass is 351 g/mol. The third kappa shape index (κ3) is 2.65. The summed E-state index contributed by atoms with van der Waals surface area (Å²) in [7, 11) is 0. The number of hydrogen-bond donors (Lipinski definition) is 1. The first kappa shape index (κ1) is 14.1. The van der Waals surface area contributed by atoms with Crippen LogP contribution in [0.25, 0.3) is 0 Å². The number of urea groups is 1. The Balaban J connectivity index is 1.64. The first-order chi connectivity index (χ1) is 10.1. The fourth-order valence-corrected chi connectivity index (χ4v) is 2.97. The first-order valence-corrected chi connectivity index (χ1v) is 7.53. The molecule has 2 heterocycles. The lowest BCUT2D eigenvalue weighted by atomic mass is 10.2. The molecule has 2 aliphatic rings. The number of imide groups is 1. The van der Waals surface area contributed by atoms with Gasteiger partial charge in [0, 0.05) is 16.7 Å². The molecule has 3 rings (SSSR count). The number of rotatable bonds is 3. The number of anilines is 1. The van der Waals surface area contributed by atoms with Crippen molar-refractivity contribution in [2.24, 2.45) is 0 Å². The summed E-state index contributed by atoms with van der Waals surface area (Å²) in [5, 5.41) is 2.68. The number of nitrogens with zero attached hydrogens (tertiary/aromatic N) is 2. The highest BCUT2D eigenvalue weighted by molar-refractivity contribution is 9.10. The highest BCUT2D eigenvalue weighted by Crippen LogP contribution is 2.27. The zero-order valence-corrected chi connectivity index (χ0v) is 12.8. The number of carbonyl (C=O) groups is 3. The van der Waals surface area contributed by atoms with Gasteiger partial charge in [0.05, 0.1) is 0 Å². The average molecular weight is 352 g/mol. The van der Waals surface area contributed by atoms with Crippen LogP contribution in [0.2, 0.25) is 0 Å². The van der Waals surface area contributed by atoms with Gasteiger partial charge in [-0.2, -0.15) is 0 Å². The Bertz CT molecular complexity index is 580. The summed E-state index contributed by atoms with van der Waals surface area (Å²) in [6.45, 7) is 0.362. The molecule has 1 aromatic carbocycles. The molecule has 1 atom stereocenters. The normalized spacial score (nSPS) is 20.9. The Morgan fingerprint density at radius 3 is 2.67 bits per heavy atom. The predicted molar refractivity (Wildman–Crippen MR) is 79.6 cm³/mol. The summed E-state index contributed by atoms with van der Waals surface area (Å²) >= 11 is 3.31. The second-order valence-corrected chi connectivity index (χ2v) is 6.03. The number of fused-ring (bicyclic) bond motifs is 1. The summed E-state index contributed by atoms with van der Waals surface area (Å²) in [6.07, 6.45) is 1.54. The topological polar surface area (TPSA) is 69.7 Å². The van der Waals surface area contributed by atoms with Crippen LogP contribution < -0.4 is 5.32 Å². The summed E-state index contributed by atoms with van der Waals surface area (Å²) in [4.78, 5) is 38.7. The van der Waals surface area contributed by atoms with Gasteiger partial charge in [0.15, 0.2) is 0 Å². The number of hydrogen-bond acceptors (Lipinski definition) is 3. The second kappa shape index (κ2) is 5.48. The third-order valence-corrected chi connectivity index (χ3v) is 4.24. The quantitative estimate of drug-likeness (QED) is 0.844. The van der Waals surface area contributed by atoms with Crippen molar-refractivity contribution in [1.82, 2.24) is 9.80 Å². The van der Waals surface area contributed by atoms with E-state index in [1.165, 1.54) is 0 Å². The van der Waals surface area contributed by atoms with E-state index in [1.807, 2.05) is 0 Å². The zero-order valence-electron chi connectivity index (χ0n) is 11.2. The van der Waals surface area contributed by atoms with E-state index < -0.39 is 0 Å². The molecule has 6 nitrogen and oxygen atoms in total. The van der Waals surface area contributed by atoms with Crippen LogP contribution in [0, 0.1) is 0 Å². The van der Waals surface area contributed by atoms with Crippen molar-refractivity contribution in [2.45, 2.75) is 18.9 Å². The van der Waals surface area contributed by atoms with Crippen LogP contribution in [0.4, 0.5) is 10.5 Å². The molecule has 1 N–H and O–H groups in total. The van der Waals surface area contributed by atoms with Crippen LogP contribution in [0.5, 0.6) is 0 Å². The van der Waals surface area contributed by atoms with Gasteiger partial charge in [0.1, 0.15) is 12.6 Å². The van der Waals surface area contributed by atoms with Gasteiger partial charge in [-0.15, -0.1) is 0 Å². The largest absolute Gasteiger partial charge is 0.327 e. The molecule has 0 aromatic heterocycles. The Morgan fingerprint density at radius 1 is 1.29 bits per heavy atom. The molecule has 0 radical (unpaired) electrons. The number of amides is 4. The van der Waals surface area contributed by atoms with Gasteiger partial charge in [0.25, 0.3) is 5.91 Å². The molecule has 7 heteroatoms. The number of halogens is 1. The van der Waals surface area contributed by atoms with Crippen molar-refractivity contribution < 1.29 is 14.4 Å². The van der Waals surface area contributed by atoms with Crippen LogP contribution in [0.1, 0.15) is 12.8 Å². The third-order valence-electron chi connectivity index (χ3n) is 3.71. The molecule has 1 unspecified atom stereocenters. The molecule has 0 spiro atoms. The van der Waals surface area contributed by atoms with Crippen LogP contribution in [0.15, 0.2) is 28.7 Å². The Kier molecular flexibility index (Phi) is 3.67. The second-order valence-electron chi connectivity index (χ2n) is 5.11. The van der Waals surface area contributed by atoms with Gasteiger partial charge in [-0.3, -0.25) is 14.5 Å². The maximum absolute atomic E-state index is 12.1. The van der Waals surface area contributed by atoms with Gasteiger partial charge < -0.3 is 10.2 Å². The van der Waals surface area contributed by atoms with Gasteiger partial charge >= 0.3 is 6.03 Å². The van der Waals surface area contributed by atoms with Crippen LogP contribution >= 0.6 is 15.9 Å². The van der Waals surface area contributed by atoms with E-state index in [9.17, 15) is 14.4 Å². The van der Waals surface area contributed by atoms with E-state index in [-0.39, 0.29) is 30.4 Å². The van der Waals surface area contributed by atoms with Gasteiger partial charge in [-0.25, -0.2) is 4.79 Å². The van der Waals surface area contributed by atoms with E-state index in [0.717, 1.165) is 15.8 Å². The van der Waals surface area contributed by atoms with E-state index in [0.29, 0.717) is 18.7 Å². The summed E-state index contributed by atoms with van der Waals surface area (Å²) in [5.74, 6) is -0.636. The highest BCUT2D eigenvalue weighted by atomic mass is 79.9. The lowest BCUT2D eigenvalue weighted by Crippen LogP contribution is -2.39. The molecule has 21 heavy (non-hydrogen) atoms. The lowest BCUT2D eigenvalue weighted by molar-refractivity contribution is -0.131. The Morgan fingerprint density at radius 2 is 2.00 bits per heavy atom. The van der Waals surface area contributed by atoms with Crippen LogP contribution in [0.3, 0.4) is 0 Å². The van der Waals surface area contributed by atoms with Crippen molar-refractivity contribution >= 4 is 39.5 Å². The fourth-order valence-electron chi connectivity index (χ4n) is 2.70. The average Bonchev–Trinajstić information content (AvgIpc) is 3.02. The molecule has 2 saturated heterocycles. The molecule has 110 valence electrons. The Labute approximate surface area is 130 Å². The lowest BCUT2D eigenvalue weighted by Gasteiger charge is -2.15. The molecular formula is C14H14BrN3O3. The van der Waals surface area contributed by atoms with Crippen LogP contribution in [-0.2, 0) is 9.59 Å². The van der Waals surface area contributed by atoms with E-state index >= 15 is 0 Å². The van der Waals surface area contributed by atoms with Gasteiger partial charge in [-0.05, 0) is 37.1 Å². The minimum Gasteiger partial charge on any atom is -0.325 e. The summed E-state index contributed by atoms with van der Waals surface area (Å²) in [5.41, 5.74) is 0.628. The minimum atomic E-state index is -0.375. The summed E-state index contributed by atoms with van der Waals surface area (Å²) < 4.78 is 0.908. The van der Waals surface area contributed by atoms with Crippen molar-refractivity contribution in [2.75, 3.05) is 18.4 Å².